The van der Waals surface area contributed by atoms with E-state index in [0.717, 1.165) is 30.2 Å². The van der Waals surface area contributed by atoms with Gasteiger partial charge >= 0.3 is 0 Å². The zero-order valence-corrected chi connectivity index (χ0v) is 16.6. The van der Waals surface area contributed by atoms with Crippen LogP contribution in [0.5, 0.6) is 5.88 Å². The summed E-state index contributed by atoms with van der Waals surface area (Å²) in [6.45, 7) is 9.76. The average molecular weight is 358 g/mol. The fourth-order valence-corrected chi connectivity index (χ4v) is 2.82. The van der Waals surface area contributed by atoms with Gasteiger partial charge in [-0.25, -0.2) is 9.98 Å². The van der Waals surface area contributed by atoms with Crippen molar-refractivity contribution in [2.45, 2.75) is 46.7 Å². The quantitative estimate of drug-likeness (QED) is 0.586. The first kappa shape index (κ1) is 19.8. The van der Waals surface area contributed by atoms with Crippen molar-refractivity contribution in [2.75, 3.05) is 13.7 Å². The highest BCUT2D eigenvalue weighted by Crippen LogP contribution is 2.14. The summed E-state index contributed by atoms with van der Waals surface area (Å²) in [6, 6.07) is 4.07. The maximum Gasteiger partial charge on any atom is 0.212 e. The predicted octanol–water partition coefficient (Wildman–Crippen LogP) is 2.13. The lowest BCUT2D eigenvalue weighted by atomic mass is 10.1. The molecule has 1 atom stereocenters. The smallest absolute Gasteiger partial charge is 0.212 e. The number of nitrogens with zero attached hydrogens (tertiary/aromatic N) is 4. The van der Waals surface area contributed by atoms with Crippen LogP contribution >= 0.6 is 0 Å². The highest BCUT2D eigenvalue weighted by molar-refractivity contribution is 5.80. The van der Waals surface area contributed by atoms with E-state index in [9.17, 15) is 0 Å². The van der Waals surface area contributed by atoms with E-state index in [4.69, 9.17) is 4.74 Å². The third kappa shape index (κ3) is 5.21. The summed E-state index contributed by atoms with van der Waals surface area (Å²) < 4.78 is 7.02. The third-order valence-corrected chi connectivity index (χ3v) is 4.32. The van der Waals surface area contributed by atoms with Crippen LogP contribution in [0.1, 0.15) is 36.4 Å². The molecule has 2 aromatic rings. The number of aliphatic imine (C=N–C) groups is 1. The second-order valence-corrected chi connectivity index (χ2v) is 6.43. The van der Waals surface area contributed by atoms with Gasteiger partial charge in [0.15, 0.2) is 5.96 Å². The van der Waals surface area contributed by atoms with Crippen LogP contribution in [0.15, 0.2) is 23.3 Å². The minimum Gasteiger partial charge on any atom is -0.481 e. The Bertz CT molecular complexity index is 735. The molecule has 0 saturated heterocycles. The lowest BCUT2D eigenvalue weighted by Crippen LogP contribution is -2.43. The van der Waals surface area contributed by atoms with Gasteiger partial charge in [0, 0.05) is 37.6 Å². The minimum absolute atomic E-state index is 0.239. The number of aryl methyl sites for hydroxylation is 2. The normalized spacial score (nSPS) is 12.8. The Morgan fingerprint density at radius 1 is 1.35 bits per heavy atom. The van der Waals surface area contributed by atoms with E-state index in [1.54, 1.807) is 13.3 Å². The molecular weight excluding hydrogens is 328 g/mol. The number of aromatic nitrogens is 3. The maximum atomic E-state index is 5.09. The summed E-state index contributed by atoms with van der Waals surface area (Å²) in [5, 5.41) is 11.3. The van der Waals surface area contributed by atoms with E-state index in [0.29, 0.717) is 12.4 Å². The molecule has 1 unspecified atom stereocenters. The molecule has 2 aromatic heterocycles. The maximum absolute atomic E-state index is 5.09. The van der Waals surface area contributed by atoms with Gasteiger partial charge in [-0.3, -0.25) is 4.68 Å². The molecule has 0 aromatic carbocycles. The van der Waals surface area contributed by atoms with Gasteiger partial charge in [-0.1, -0.05) is 6.07 Å². The predicted molar refractivity (Wildman–Crippen MR) is 105 cm³/mol. The molecule has 0 fully saturated rings. The Balaban J connectivity index is 2.01. The van der Waals surface area contributed by atoms with Crippen molar-refractivity contribution in [1.82, 2.24) is 25.4 Å². The van der Waals surface area contributed by atoms with E-state index in [1.807, 2.05) is 23.9 Å². The molecule has 26 heavy (non-hydrogen) atoms. The molecule has 2 heterocycles. The molecule has 7 heteroatoms. The number of rotatable bonds is 7. The number of nitrogens with one attached hydrogen (secondary N) is 2. The number of hydrogen-bond donors (Lipinski definition) is 2. The van der Waals surface area contributed by atoms with Crippen LogP contribution in [0.3, 0.4) is 0 Å². The lowest BCUT2D eigenvalue weighted by Gasteiger charge is -2.18. The number of hydrogen-bond acceptors (Lipinski definition) is 4. The second-order valence-electron chi connectivity index (χ2n) is 6.43. The van der Waals surface area contributed by atoms with Crippen molar-refractivity contribution in [3.63, 3.8) is 0 Å². The van der Waals surface area contributed by atoms with Crippen LogP contribution in [0.4, 0.5) is 0 Å². The van der Waals surface area contributed by atoms with Crippen LogP contribution < -0.4 is 15.4 Å². The first-order valence-corrected chi connectivity index (χ1v) is 8.97. The standard InChI is InChI=1S/C19H30N6O/c1-7-20-19(22-12-16-8-9-18(26-6)21-11-16)23-13(2)10-17-14(3)24-25(5)15(17)4/h8-9,11,13H,7,10,12H2,1-6H3,(H2,20,22,23). The fraction of sp³-hybridized carbons (Fsp3) is 0.526. The molecule has 0 amide bonds. The van der Waals surface area contributed by atoms with Crippen LogP contribution in [0, 0.1) is 13.8 Å². The molecule has 142 valence electrons. The largest absolute Gasteiger partial charge is 0.481 e. The molecular formula is C19H30N6O. The lowest BCUT2D eigenvalue weighted by molar-refractivity contribution is 0.397. The summed E-state index contributed by atoms with van der Waals surface area (Å²) in [6.07, 6.45) is 2.69. The Kier molecular flexibility index (Phi) is 7.00. The molecule has 0 spiro atoms. The van der Waals surface area contributed by atoms with Crippen molar-refractivity contribution in [1.29, 1.82) is 0 Å². The van der Waals surface area contributed by atoms with E-state index in [-0.39, 0.29) is 6.04 Å². The summed E-state index contributed by atoms with van der Waals surface area (Å²) in [7, 11) is 3.60. The zero-order chi connectivity index (χ0) is 19.1. The monoisotopic (exact) mass is 358 g/mol. The molecule has 2 rings (SSSR count). The zero-order valence-electron chi connectivity index (χ0n) is 16.6. The highest BCUT2D eigenvalue weighted by atomic mass is 16.5. The highest BCUT2D eigenvalue weighted by Gasteiger charge is 2.14. The summed E-state index contributed by atoms with van der Waals surface area (Å²) >= 11 is 0. The topological polar surface area (TPSA) is 76.4 Å². The van der Waals surface area contributed by atoms with Crippen molar-refractivity contribution in [3.8, 4) is 5.88 Å². The summed E-state index contributed by atoms with van der Waals surface area (Å²) in [5.74, 6) is 1.41. The molecule has 2 N–H and O–H groups in total. The van der Waals surface area contributed by atoms with Crippen LogP contribution in [0.25, 0.3) is 0 Å². The Morgan fingerprint density at radius 2 is 2.12 bits per heavy atom. The van der Waals surface area contributed by atoms with Crippen LogP contribution in [-0.2, 0) is 20.0 Å². The SMILES string of the molecule is CCNC(=NCc1ccc(OC)nc1)NC(C)Cc1c(C)nn(C)c1C. The number of methoxy groups -OCH3 is 1. The molecule has 0 saturated carbocycles. The van der Waals surface area contributed by atoms with Gasteiger partial charge in [-0.2, -0.15) is 5.10 Å². The second kappa shape index (κ2) is 9.22. The van der Waals surface area contributed by atoms with Gasteiger partial charge in [-0.05, 0) is 45.2 Å². The van der Waals surface area contributed by atoms with E-state index in [2.05, 4.69) is 53.4 Å². The molecule has 0 aliphatic rings. The molecule has 7 nitrogen and oxygen atoms in total. The molecule has 0 aliphatic carbocycles. The van der Waals surface area contributed by atoms with Crippen LogP contribution in [-0.4, -0.2) is 40.4 Å². The van der Waals surface area contributed by atoms with Gasteiger partial charge in [0.25, 0.3) is 0 Å². The number of ether oxygens (including phenoxy) is 1. The molecule has 0 radical (unpaired) electrons. The van der Waals surface area contributed by atoms with Gasteiger partial charge in [0.2, 0.25) is 5.88 Å². The Morgan fingerprint density at radius 3 is 2.65 bits per heavy atom. The first-order valence-electron chi connectivity index (χ1n) is 8.97. The van der Waals surface area contributed by atoms with Gasteiger partial charge in [0.05, 0.1) is 19.3 Å². The molecule has 0 bridgehead atoms. The first-order chi connectivity index (χ1) is 12.4. The summed E-state index contributed by atoms with van der Waals surface area (Å²) in [4.78, 5) is 8.88. The van der Waals surface area contributed by atoms with E-state index in [1.165, 1.54) is 11.3 Å². The van der Waals surface area contributed by atoms with E-state index >= 15 is 0 Å². The average Bonchev–Trinajstić information content (AvgIpc) is 2.86. The van der Waals surface area contributed by atoms with Crippen molar-refractivity contribution < 1.29 is 4.74 Å². The van der Waals surface area contributed by atoms with Gasteiger partial charge in [0.1, 0.15) is 0 Å². The van der Waals surface area contributed by atoms with Crippen molar-refractivity contribution in [2.24, 2.45) is 12.0 Å². The fourth-order valence-electron chi connectivity index (χ4n) is 2.82. The van der Waals surface area contributed by atoms with Crippen LogP contribution in [0.2, 0.25) is 0 Å². The number of pyridine rings is 1. The Hall–Kier alpha value is -2.57. The number of guanidine groups is 1. The Labute approximate surface area is 155 Å². The van der Waals surface area contributed by atoms with Crippen molar-refractivity contribution >= 4 is 5.96 Å². The van der Waals surface area contributed by atoms with Crippen molar-refractivity contribution in [3.05, 3.63) is 40.8 Å². The van der Waals surface area contributed by atoms with E-state index < -0.39 is 0 Å². The van der Waals surface area contributed by atoms with Gasteiger partial charge < -0.3 is 15.4 Å². The summed E-state index contributed by atoms with van der Waals surface area (Å²) in [5.41, 5.74) is 4.63. The minimum atomic E-state index is 0.239. The third-order valence-electron chi connectivity index (χ3n) is 4.32. The molecule has 0 aliphatic heterocycles. The van der Waals surface area contributed by atoms with Gasteiger partial charge in [-0.15, -0.1) is 0 Å².